The maximum absolute atomic E-state index is 13.7. The number of aromatic carboxylic acids is 1. The van der Waals surface area contributed by atoms with Crippen molar-refractivity contribution in [2.24, 2.45) is 0 Å². The summed E-state index contributed by atoms with van der Waals surface area (Å²) in [6.45, 7) is 0. The van der Waals surface area contributed by atoms with Crippen molar-refractivity contribution in [3.63, 3.8) is 0 Å². The Labute approximate surface area is 125 Å². The fourth-order valence-electron chi connectivity index (χ4n) is 1.48. The molecular formula is C12H6BrClF2N2O2. The number of rotatable bonds is 3. The van der Waals surface area contributed by atoms with E-state index in [1.165, 1.54) is 6.20 Å². The van der Waals surface area contributed by atoms with Crippen LogP contribution in [0.25, 0.3) is 0 Å². The minimum atomic E-state index is -1.32. The molecule has 0 atom stereocenters. The highest BCUT2D eigenvalue weighted by molar-refractivity contribution is 9.10. The Morgan fingerprint density at radius 1 is 1.30 bits per heavy atom. The van der Waals surface area contributed by atoms with E-state index in [2.05, 4.69) is 26.2 Å². The van der Waals surface area contributed by atoms with Gasteiger partial charge in [-0.2, -0.15) is 0 Å². The van der Waals surface area contributed by atoms with Crippen molar-refractivity contribution in [1.82, 2.24) is 4.98 Å². The van der Waals surface area contributed by atoms with E-state index < -0.39 is 23.3 Å². The second kappa shape index (κ2) is 5.72. The molecule has 0 unspecified atom stereocenters. The lowest BCUT2D eigenvalue weighted by Crippen LogP contribution is -2.07. The zero-order chi connectivity index (χ0) is 14.9. The fourth-order valence-corrected chi connectivity index (χ4v) is 2.04. The number of anilines is 2. The van der Waals surface area contributed by atoms with Crippen LogP contribution in [-0.4, -0.2) is 16.1 Å². The number of pyridine rings is 1. The van der Waals surface area contributed by atoms with Gasteiger partial charge in [0.15, 0.2) is 11.6 Å². The molecule has 8 heteroatoms. The molecule has 0 amide bonds. The van der Waals surface area contributed by atoms with Gasteiger partial charge < -0.3 is 10.4 Å². The number of carboxylic acid groups (broad SMARTS) is 1. The van der Waals surface area contributed by atoms with Gasteiger partial charge in [-0.15, -0.1) is 0 Å². The third-order valence-electron chi connectivity index (χ3n) is 2.34. The second-order valence-electron chi connectivity index (χ2n) is 3.72. The molecule has 0 saturated heterocycles. The third-order valence-corrected chi connectivity index (χ3v) is 3.00. The van der Waals surface area contributed by atoms with Gasteiger partial charge in [-0.1, -0.05) is 27.5 Å². The molecule has 2 aromatic rings. The molecule has 0 aliphatic carbocycles. The highest BCUT2D eigenvalue weighted by Crippen LogP contribution is 2.28. The SMILES string of the molecule is O=C(O)c1cc(Cl)cnc1Nc1c(F)cc(Br)cc1F. The molecule has 0 bridgehead atoms. The minimum Gasteiger partial charge on any atom is -0.478 e. The van der Waals surface area contributed by atoms with Gasteiger partial charge in [-0.3, -0.25) is 0 Å². The maximum Gasteiger partial charge on any atom is 0.339 e. The van der Waals surface area contributed by atoms with Crippen LogP contribution in [0.15, 0.2) is 28.9 Å². The summed E-state index contributed by atoms with van der Waals surface area (Å²) >= 11 is 8.58. The predicted octanol–water partition coefficient (Wildman–Crippen LogP) is 4.22. The van der Waals surface area contributed by atoms with E-state index in [4.69, 9.17) is 16.7 Å². The van der Waals surface area contributed by atoms with Crippen LogP contribution in [0.1, 0.15) is 10.4 Å². The Kier molecular flexibility index (Phi) is 4.20. The average molecular weight is 364 g/mol. The number of carboxylic acids is 1. The first-order valence-electron chi connectivity index (χ1n) is 5.19. The van der Waals surface area contributed by atoms with Crippen LogP contribution < -0.4 is 5.32 Å². The number of hydrogen-bond acceptors (Lipinski definition) is 3. The Morgan fingerprint density at radius 3 is 2.45 bits per heavy atom. The smallest absolute Gasteiger partial charge is 0.339 e. The Bertz CT molecular complexity index is 674. The van der Waals surface area contributed by atoms with Crippen LogP contribution in [0.2, 0.25) is 5.02 Å². The maximum atomic E-state index is 13.7. The first-order chi connectivity index (χ1) is 9.38. The monoisotopic (exact) mass is 362 g/mol. The minimum absolute atomic E-state index is 0.102. The summed E-state index contributed by atoms with van der Waals surface area (Å²) in [4.78, 5) is 14.8. The first kappa shape index (κ1) is 14.7. The van der Waals surface area contributed by atoms with E-state index in [1.54, 1.807) is 0 Å². The van der Waals surface area contributed by atoms with Crippen LogP contribution in [0.5, 0.6) is 0 Å². The Hall–Kier alpha value is -1.73. The molecular weight excluding hydrogens is 357 g/mol. The second-order valence-corrected chi connectivity index (χ2v) is 5.08. The zero-order valence-corrected chi connectivity index (χ0v) is 12.0. The number of carbonyl (C=O) groups is 1. The number of nitrogens with one attached hydrogen (secondary N) is 1. The summed E-state index contributed by atoms with van der Waals surface area (Å²) in [6.07, 6.45) is 1.17. The lowest BCUT2D eigenvalue weighted by molar-refractivity contribution is 0.0697. The average Bonchev–Trinajstić information content (AvgIpc) is 2.34. The van der Waals surface area contributed by atoms with Crippen molar-refractivity contribution in [3.05, 3.63) is 51.1 Å². The highest BCUT2D eigenvalue weighted by atomic mass is 79.9. The third kappa shape index (κ3) is 3.05. The highest BCUT2D eigenvalue weighted by Gasteiger charge is 2.17. The van der Waals surface area contributed by atoms with Gasteiger partial charge in [0.05, 0.1) is 5.02 Å². The number of aromatic nitrogens is 1. The summed E-state index contributed by atoms with van der Waals surface area (Å²) in [5.74, 6) is -3.29. The van der Waals surface area contributed by atoms with Gasteiger partial charge in [0.25, 0.3) is 0 Å². The first-order valence-corrected chi connectivity index (χ1v) is 6.36. The lowest BCUT2D eigenvalue weighted by Gasteiger charge is -2.11. The molecule has 0 saturated carbocycles. The normalized spacial score (nSPS) is 10.4. The molecule has 20 heavy (non-hydrogen) atoms. The quantitative estimate of drug-likeness (QED) is 0.857. The topological polar surface area (TPSA) is 62.2 Å². The van der Waals surface area contributed by atoms with Crippen LogP contribution in [-0.2, 0) is 0 Å². The summed E-state index contributed by atoms with van der Waals surface area (Å²) < 4.78 is 27.6. The molecule has 0 fully saturated rings. The van der Waals surface area contributed by atoms with Gasteiger partial charge >= 0.3 is 5.97 Å². The largest absolute Gasteiger partial charge is 0.478 e. The molecule has 2 rings (SSSR count). The lowest BCUT2D eigenvalue weighted by atomic mass is 10.2. The van der Waals surface area contributed by atoms with Crippen LogP contribution >= 0.6 is 27.5 Å². The molecule has 0 radical (unpaired) electrons. The van der Waals surface area contributed by atoms with E-state index in [-0.39, 0.29) is 20.9 Å². The molecule has 4 nitrogen and oxygen atoms in total. The number of hydrogen-bond donors (Lipinski definition) is 2. The summed E-state index contributed by atoms with van der Waals surface area (Å²) in [7, 11) is 0. The molecule has 1 heterocycles. The van der Waals surface area contributed by atoms with Crippen molar-refractivity contribution < 1.29 is 18.7 Å². The standard InChI is InChI=1S/C12H6BrClF2N2O2/c13-5-1-8(15)10(9(16)2-5)18-11-7(12(19)20)3-6(14)4-17-11/h1-4H,(H,17,18)(H,19,20). The molecule has 2 N–H and O–H groups in total. The molecule has 1 aromatic carbocycles. The zero-order valence-electron chi connectivity index (χ0n) is 9.62. The van der Waals surface area contributed by atoms with Crippen LogP contribution in [0.3, 0.4) is 0 Å². The molecule has 0 aliphatic rings. The molecule has 104 valence electrons. The molecule has 0 aliphatic heterocycles. The molecule has 0 spiro atoms. The summed E-state index contributed by atoms with van der Waals surface area (Å²) in [5, 5.41) is 11.4. The van der Waals surface area contributed by atoms with Crippen molar-refractivity contribution in [1.29, 1.82) is 0 Å². The van der Waals surface area contributed by atoms with Crippen LogP contribution in [0.4, 0.5) is 20.3 Å². The van der Waals surface area contributed by atoms with Gasteiger partial charge in [0, 0.05) is 10.7 Å². The van der Waals surface area contributed by atoms with Crippen LogP contribution in [0, 0.1) is 11.6 Å². The van der Waals surface area contributed by atoms with Gasteiger partial charge in [0.2, 0.25) is 0 Å². The van der Waals surface area contributed by atoms with E-state index in [9.17, 15) is 13.6 Å². The van der Waals surface area contributed by atoms with E-state index in [0.29, 0.717) is 0 Å². The number of benzene rings is 1. The van der Waals surface area contributed by atoms with E-state index >= 15 is 0 Å². The number of halogens is 4. The fraction of sp³-hybridized carbons (Fsp3) is 0. The Morgan fingerprint density at radius 2 is 1.90 bits per heavy atom. The van der Waals surface area contributed by atoms with E-state index in [0.717, 1.165) is 18.2 Å². The van der Waals surface area contributed by atoms with Crippen molar-refractivity contribution in [2.45, 2.75) is 0 Å². The van der Waals surface area contributed by atoms with Crippen molar-refractivity contribution >= 4 is 45.0 Å². The predicted molar refractivity (Wildman–Crippen MR) is 73.5 cm³/mol. The van der Waals surface area contributed by atoms with Crippen molar-refractivity contribution in [3.8, 4) is 0 Å². The molecule has 1 aromatic heterocycles. The van der Waals surface area contributed by atoms with Gasteiger partial charge in [-0.25, -0.2) is 18.6 Å². The Balaban J connectivity index is 2.48. The summed E-state index contributed by atoms with van der Waals surface area (Å²) in [5.41, 5.74) is -0.787. The van der Waals surface area contributed by atoms with Gasteiger partial charge in [0.1, 0.15) is 17.1 Å². The number of nitrogens with zero attached hydrogens (tertiary/aromatic N) is 1. The van der Waals surface area contributed by atoms with Crippen molar-refractivity contribution in [2.75, 3.05) is 5.32 Å². The van der Waals surface area contributed by atoms with E-state index in [1.807, 2.05) is 0 Å². The summed E-state index contributed by atoms with van der Waals surface area (Å²) in [6, 6.07) is 3.22. The van der Waals surface area contributed by atoms with Gasteiger partial charge in [-0.05, 0) is 18.2 Å².